The van der Waals surface area contributed by atoms with Crippen molar-refractivity contribution in [1.82, 2.24) is 15.3 Å². The van der Waals surface area contributed by atoms with Gasteiger partial charge in [0.05, 0.1) is 12.1 Å². The number of hydrogen-bond donors (Lipinski definition) is 2. The van der Waals surface area contributed by atoms with Crippen molar-refractivity contribution in [3.63, 3.8) is 0 Å². The number of carbonyl (C=O) groups excluding carboxylic acids is 1. The van der Waals surface area contributed by atoms with Crippen molar-refractivity contribution in [1.29, 1.82) is 0 Å². The number of aromatic nitrogens is 2. The number of carbonyl (C=O) groups is 1. The zero-order chi connectivity index (χ0) is 15.5. The average molecular weight is 319 g/mol. The molecular weight excluding hydrogens is 300 g/mol. The van der Waals surface area contributed by atoms with E-state index in [4.69, 9.17) is 11.6 Å². The first-order valence-electron chi connectivity index (χ1n) is 7.59. The first-order chi connectivity index (χ1) is 10.6. The normalized spacial score (nSPS) is 15.2. The third-order valence-corrected chi connectivity index (χ3v) is 4.13. The first kappa shape index (κ1) is 15.0. The maximum Gasteiger partial charge on any atom is 0.217 e. The van der Waals surface area contributed by atoms with Crippen molar-refractivity contribution in [2.45, 2.75) is 45.2 Å². The molecule has 1 amide bonds. The summed E-state index contributed by atoms with van der Waals surface area (Å²) in [6.45, 7) is 1.81. The van der Waals surface area contributed by atoms with Gasteiger partial charge in [0, 0.05) is 23.4 Å². The molecule has 1 fully saturated rings. The molecule has 5 nitrogen and oxygen atoms in total. The Hall–Kier alpha value is -1.88. The number of hydrogen-bond acceptors (Lipinski definition) is 4. The van der Waals surface area contributed by atoms with Crippen molar-refractivity contribution >= 4 is 34.2 Å². The molecule has 0 unspecified atom stereocenters. The van der Waals surface area contributed by atoms with Crippen LogP contribution < -0.4 is 10.6 Å². The number of amides is 1. The van der Waals surface area contributed by atoms with Gasteiger partial charge in [0.2, 0.25) is 5.91 Å². The molecule has 1 saturated carbocycles. The van der Waals surface area contributed by atoms with Gasteiger partial charge in [0.25, 0.3) is 0 Å². The highest BCUT2D eigenvalue weighted by Crippen LogP contribution is 2.28. The maximum atomic E-state index is 11.1. The number of rotatable bonds is 4. The summed E-state index contributed by atoms with van der Waals surface area (Å²) in [5.41, 5.74) is 0.834. The van der Waals surface area contributed by atoms with Gasteiger partial charge < -0.3 is 10.6 Å². The second-order valence-electron chi connectivity index (χ2n) is 5.69. The monoisotopic (exact) mass is 318 g/mol. The van der Waals surface area contributed by atoms with Gasteiger partial charge in [0.1, 0.15) is 5.82 Å². The van der Waals surface area contributed by atoms with Crippen molar-refractivity contribution in [3.8, 4) is 0 Å². The Balaban J connectivity index is 1.96. The number of nitrogens with one attached hydrogen (secondary N) is 2. The molecule has 0 spiro atoms. The van der Waals surface area contributed by atoms with E-state index in [0.29, 0.717) is 23.4 Å². The number of nitrogens with zero attached hydrogens (tertiary/aromatic N) is 2. The van der Waals surface area contributed by atoms with Gasteiger partial charge in [-0.15, -0.1) is 0 Å². The van der Waals surface area contributed by atoms with Crippen LogP contribution in [0.3, 0.4) is 0 Å². The fraction of sp³-hybridized carbons (Fsp3) is 0.438. The summed E-state index contributed by atoms with van der Waals surface area (Å²) in [4.78, 5) is 20.2. The summed E-state index contributed by atoms with van der Waals surface area (Å²) < 4.78 is 0. The standard InChI is InChI=1S/C16H19ClN4O/c1-10(22)18-9-15-20-14-7-6-11(17)8-13(14)16(21-15)19-12-4-2-3-5-12/h6-8,12H,2-5,9H2,1H3,(H,18,22)(H,19,20,21). The summed E-state index contributed by atoms with van der Waals surface area (Å²) >= 11 is 6.11. The Bertz CT molecular complexity index is 698. The summed E-state index contributed by atoms with van der Waals surface area (Å²) in [7, 11) is 0. The van der Waals surface area contributed by atoms with Gasteiger partial charge >= 0.3 is 0 Å². The van der Waals surface area contributed by atoms with E-state index in [1.807, 2.05) is 18.2 Å². The van der Waals surface area contributed by atoms with E-state index < -0.39 is 0 Å². The molecule has 1 aliphatic carbocycles. The first-order valence-corrected chi connectivity index (χ1v) is 7.97. The lowest BCUT2D eigenvalue weighted by atomic mass is 10.2. The highest BCUT2D eigenvalue weighted by Gasteiger charge is 2.17. The SMILES string of the molecule is CC(=O)NCc1nc(NC2CCCC2)c2cc(Cl)ccc2n1. The van der Waals surface area contributed by atoms with Gasteiger partial charge in [-0.1, -0.05) is 24.4 Å². The van der Waals surface area contributed by atoms with E-state index >= 15 is 0 Å². The zero-order valence-corrected chi connectivity index (χ0v) is 13.3. The molecule has 0 aliphatic heterocycles. The Morgan fingerprint density at radius 1 is 1.32 bits per heavy atom. The molecule has 1 aliphatic rings. The maximum absolute atomic E-state index is 11.1. The molecular formula is C16H19ClN4O. The quantitative estimate of drug-likeness (QED) is 0.908. The average Bonchev–Trinajstić information content (AvgIpc) is 2.98. The number of fused-ring (bicyclic) bond motifs is 1. The molecule has 2 aromatic rings. The predicted molar refractivity (Wildman–Crippen MR) is 87.9 cm³/mol. The smallest absolute Gasteiger partial charge is 0.217 e. The largest absolute Gasteiger partial charge is 0.367 e. The summed E-state index contributed by atoms with van der Waals surface area (Å²) in [5, 5.41) is 7.85. The Kier molecular flexibility index (Phi) is 4.43. The van der Waals surface area contributed by atoms with Gasteiger partial charge in [-0.25, -0.2) is 9.97 Å². The van der Waals surface area contributed by atoms with Crippen LogP contribution in [0.1, 0.15) is 38.4 Å². The van der Waals surface area contributed by atoms with Crippen molar-refractivity contribution in [2.24, 2.45) is 0 Å². The van der Waals surface area contributed by atoms with Crippen molar-refractivity contribution in [3.05, 3.63) is 29.0 Å². The van der Waals surface area contributed by atoms with Gasteiger partial charge in [-0.2, -0.15) is 0 Å². The summed E-state index contributed by atoms with van der Waals surface area (Å²) in [5.74, 6) is 1.32. The topological polar surface area (TPSA) is 66.9 Å². The fourth-order valence-electron chi connectivity index (χ4n) is 2.80. The lowest BCUT2D eigenvalue weighted by Crippen LogP contribution is -2.22. The molecule has 22 heavy (non-hydrogen) atoms. The Morgan fingerprint density at radius 3 is 2.82 bits per heavy atom. The molecule has 0 saturated heterocycles. The Labute approximate surface area is 134 Å². The number of halogens is 1. The van der Waals surface area contributed by atoms with Gasteiger partial charge in [-0.3, -0.25) is 4.79 Å². The van der Waals surface area contributed by atoms with Crippen LogP contribution in [0, 0.1) is 0 Å². The minimum absolute atomic E-state index is 0.0925. The van der Waals surface area contributed by atoms with Crippen LogP contribution in [0.25, 0.3) is 10.9 Å². The van der Waals surface area contributed by atoms with Crippen LogP contribution >= 0.6 is 11.6 Å². The van der Waals surface area contributed by atoms with Gasteiger partial charge in [-0.05, 0) is 31.0 Å². The van der Waals surface area contributed by atoms with Crippen LogP contribution in [0.5, 0.6) is 0 Å². The second-order valence-corrected chi connectivity index (χ2v) is 6.12. The highest BCUT2D eigenvalue weighted by atomic mass is 35.5. The fourth-order valence-corrected chi connectivity index (χ4v) is 2.98. The van der Waals surface area contributed by atoms with E-state index in [2.05, 4.69) is 20.6 Å². The molecule has 1 aromatic heterocycles. The second kappa shape index (κ2) is 6.48. The minimum Gasteiger partial charge on any atom is -0.367 e. The van der Waals surface area contributed by atoms with Crippen molar-refractivity contribution in [2.75, 3.05) is 5.32 Å². The van der Waals surface area contributed by atoms with Crippen LogP contribution in [0.2, 0.25) is 5.02 Å². The summed E-state index contributed by atoms with van der Waals surface area (Å²) in [6.07, 6.45) is 4.82. The Morgan fingerprint density at radius 2 is 2.09 bits per heavy atom. The van der Waals surface area contributed by atoms with Crippen LogP contribution in [0.15, 0.2) is 18.2 Å². The number of benzene rings is 1. The predicted octanol–water partition coefficient (Wildman–Crippen LogP) is 3.27. The molecule has 0 radical (unpaired) electrons. The van der Waals surface area contributed by atoms with E-state index in [9.17, 15) is 4.79 Å². The van der Waals surface area contributed by atoms with E-state index in [-0.39, 0.29) is 5.91 Å². The lowest BCUT2D eigenvalue weighted by molar-refractivity contribution is -0.119. The highest BCUT2D eigenvalue weighted by molar-refractivity contribution is 6.31. The minimum atomic E-state index is -0.0925. The van der Waals surface area contributed by atoms with E-state index in [1.165, 1.54) is 19.8 Å². The van der Waals surface area contributed by atoms with Crippen LogP contribution in [-0.2, 0) is 11.3 Å². The van der Waals surface area contributed by atoms with Crippen molar-refractivity contribution < 1.29 is 4.79 Å². The molecule has 1 heterocycles. The molecule has 2 N–H and O–H groups in total. The van der Waals surface area contributed by atoms with Crippen LogP contribution in [0.4, 0.5) is 5.82 Å². The zero-order valence-electron chi connectivity index (χ0n) is 12.5. The van der Waals surface area contributed by atoms with E-state index in [0.717, 1.165) is 29.6 Å². The van der Waals surface area contributed by atoms with E-state index in [1.54, 1.807) is 0 Å². The molecule has 3 rings (SSSR count). The molecule has 6 heteroatoms. The molecule has 0 atom stereocenters. The van der Waals surface area contributed by atoms with Gasteiger partial charge in [0.15, 0.2) is 5.82 Å². The number of anilines is 1. The molecule has 1 aromatic carbocycles. The molecule has 116 valence electrons. The van der Waals surface area contributed by atoms with Crippen LogP contribution in [-0.4, -0.2) is 21.9 Å². The summed E-state index contributed by atoms with van der Waals surface area (Å²) in [6, 6.07) is 6.04. The third-order valence-electron chi connectivity index (χ3n) is 3.90. The third kappa shape index (κ3) is 3.47. The lowest BCUT2D eigenvalue weighted by Gasteiger charge is -2.16. The molecule has 0 bridgehead atoms.